The number of hydrogen-bond acceptors (Lipinski definition) is 2. The molecule has 0 aliphatic heterocycles. The Hall–Kier alpha value is -0.160. The smallest absolute Gasteiger partial charge is 0.331 e. The Morgan fingerprint density at radius 3 is 2.18 bits per heavy atom. The number of hydrogen-bond donors (Lipinski definition) is 1. The van der Waals surface area contributed by atoms with Crippen molar-refractivity contribution in [3.8, 4) is 0 Å². The molecule has 0 aromatic heterocycles. The van der Waals surface area contributed by atoms with Crippen molar-refractivity contribution in [2.45, 2.75) is 10.7 Å². The number of halogens is 2. The van der Waals surface area contributed by atoms with Crippen LogP contribution in [0, 0.1) is 0 Å². The second kappa shape index (κ2) is 4.66. The normalized spacial score (nSPS) is 11.8. The standard InChI is InChI=1S/C6H6Br2O3/c1-3(6(10)11)2-4(9)5(7)8/h2,5H,1H3,(H,10,11)/b3-2-. The van der Waals surface area contributed by atoms with Crippen molar-refractivity contribution >= 4 is 43.6 Å². The highest BCUT2D eigenvalue weighted by Gasteiger charge is 2.09. The molecular formula is C6H6Br2O3. The number of carbonyl (C=O) groups is 2. The summed E-state index contributed by atoms with van der Waals surface area (Å²) in [6, 6.07) is 0. The van der Waals surface area contributed by atoms with E-state index in [9.17, 15) is 9.59 Å². The summed E-state index contributed by atoms with van der Waals surface area (Å²) in [6.45, 7) is 1.36. The molecular weight excluding hydrogens is 280 g/mol. The Labute approximate surface area is 80.7 Å². The molecule has 11 heavy (non-hydrogen) atoms. The molecule has 0 atom stereocenters. The van der Waals surface area contributed by atoms with Crippen LogP contribution in [0.25, 0.3) is 0 Å². The van der Waals surface area contributed by atoms with E-state index in [4.69, 9.17) is 5.11 Å². The molecule has 0 aromatic rings. The number of alkyl halides is 2. The second-order valence-corrected chi connectivity index (χ2v) is 4.90. The van der Waals surface area contributed by atoms with Gasteiger partial charge in [0.25, 0.3) is 0 Å². The molecule has 0 aliphatic rings. The van der Waals surface area contributed by atoms with Crippen LogP contribution in [0.5, 0.6) is 0 Å². The molecule has 0 amide bonds. The van der Waals surface area contributed by atoms with Gasteiger partial charge in [-0.3, -0.25) is 4.79 Å². The highest BCUT2D eigenvalue weighted by atomic mass is 79.9. The van der Waals surface area contributed by atoms with E-state index in [1.807, 2.05) is 0 Å². The molecule has 0 unspecified atom stereocenters. The van der Waals surface area contributed by atoms with Gasteiger partial charge in [-0.05, 0) is 13.0 Å². The molecule has 1 N–H and O–H groups in total. The van der Waals surface area contributed by atoms with Crippen LogP contribution >= 0.6 is 31.9 Å². The van der Waals surface area contributed by atoms with Crippen molar-refractivity contribution in [2.24, 2.45) is 0 Å². The molecule has 0 fully saturated rings. The van der Waals surface area contributed by atoms with Crippen LogP contribution in [0.15, 0.2) is 11.6 Å². The summed E-state index contributed by atoms with van der Waals surface area (Å²) in [6.07, 6.45) is 1.07. The molecule has 0 aliphatic carbocycles. The zero-order chi connectivity index (χ0) is 9.02. The van der Waals surface area contributed by atoms with Gasteiger partial charge in [0.2, 0.25) is 0 Å². The van der Waals surface area contributed by atoms with E-state index in [1.54, 1.807) is 0 Å². The first kappa shape index (κ1) is 10.8. The molecule has 0 radical (unpaired) electrons. The molecule has 0 heterocycles. The molecule has 0 rings (SSSR count). The molecule has 0 bridgehead atoms. The van der Waals surface area contributed by atoms with Gasteiger partial charge in [0.05, 0.1) is 0 Å². The second-order valence-electron chi connectivity index (χ2n) is 1.84. The molecule has 0 spiro atoms. The van der Waals surface area contributed by atoms with Crippen molar-refractivity contribution in [2.75, 3.05) is 0 Å². The van der Waals surface area contributed by atoms with Crippen molar-refractivity contribution in [3.63, 3.8) is 0 Å². The van der Waals surface area contributed by atoms with Gasteiger partial charge in [0.15, 0.2) is 5.78 Å². The van der Waals surface area contributed by atoms with Gasteiger partial charge in [-0.2, -0.15) is 0 Å². The van der Waals surface area contributed by atoms with Gasteiger partial charge in [-0.1, -0.05) is 31.9 Å². The summed E-state index contributed by atoms with van der Waals surface area (Å²) in [5.74, 6) is -1.40. The fourth-order valence-electron chi connectivity index (χ4n) is 0.338. The number of rotatable bonds is 3. The zero-order valence-corrected chi connectivity index (χ0v) is 8.85. The highest BCUT2D eigenvalue weighted by molar-refractivity contribution is 9.25. The Bertz CT molecular complexity index is 208. The monoisotopic (exact) mass is 284 g/mol. The van der Waals surface area contributed by atoms with E-state index in [-0.39, 0.29) is 11.4 Å². The lowest BCUT2D eigenvalue weighted by Gasteiger charge is -1.94. The quantitative estimate of drug-likeness (QED) is 0.634. The van der Waals surface area contributed by atoms with E-state index >= 15 is 0 Å². The highest BCUT2D eigenvalue weighted by Crippen LogP contribution is 2.10. The van der Waals surface area contributed by atoms with Crippen LogP contribution in [0.2, 0.25) is 0 Å². The fourth-order valence-corrected chi connectivity index (χ4v) is 0.602. The Morgan fingerprint density at radius 2 is 1.91 bits per heavy atom. The summed E-state index contributed by atoms with van der Waals surface area (Å²) in [5.41, 5.74) is 0.0268. The first-order chi connectivity index (χ1) is 4.95. The number of allylic oxidation sites excluding steroid dienone is 1. The van der Waals surface area contributed by atoms with Crippen LogP contribution in [-0.2, 0) is 9.59 Å². The molecule has 0 saturated carbocycles. The topological polar surface area (TPSA) is 54.4 Å². The minimum absolute atomic E-state index is 0.0268. The van der Waals surface area contributed by atoms with Crippen molar-refractivity contribution in [1.29, 1.82) is 0 Å². The first-order valence-corrected chi connectivity index (χ1v) is 4.52. The molecule has 3 nitrogen and oxygen atoms in total. The summed E-state index contributed by atoms with van der Waals surface area (Å²) in [4.78, 5) is 21.0. The van der Waals surface area contributed by atoms with Crippen LogP contribution in [0.3, 0.4) is 0 Å². The number of carbonyl (C=O) groups excluding carboxylic acids is 1. The average Bonchev–Trinajstić information content (AvgIpc) is 1.87. The van der Waals surface area contributed by atoms with Gasteiger partial charge >= 0.3 is 5.97 Å². The van der Waals surface area contributed by atoms with E-state index in [1.165, 1.54) is 6.92 Å². The summed E-state index contributed by atoms with van der Waals surface area (Å²) in [7, 11) is 0. The Kier molecular flexibility index (Phi) is 4.60. The third kappa shape index (κ3) is 4.31. The van der Waals surface area contributed by atoms with Crippen LogP contribution in [0.1, 0.15) is 6.92 Å². The maximum Gasteiger partial charge on any atom is 0.331 e. The van der Waals surface area contributed by atoms with Gasteiger partial charge in [0.1, 0.15) is 3.74 Å². The van der Waals surface area contributed by atoms with E-state index in [0.29, 0.717) is 0 Å². The Balaban J connectivity index is 4.32. The van der Waals surface area contributed by atoms with E-state index in [0.717, 1.165) is 6.08 Å². The lowest BCUT2D eigenvalue weighted by atomic mass is 10.2. The summed E-state index contributed by atoms with van der Waals surface area (Å²) >= 11 is 5.89. The van der Waals surface area contributed by atoms with Gasteiger partial charge in [-0.15, -0.1) is 0 Å². The predicted octanol–water partition coefficient (Wildman–Crippen LogP) is 1.70. The summed E-state index contributed by atoms with van der Waals surface area (Å²) < 4.78 is -0.510. The number of ketones is 1. The number of aliphatic carboxylic acids is 1. The van der Waals surface area contributed by atoms with Crippen LogP contribution in [0.4, 0.5) is 0 Å². The average molecular weight is 286 g/mol. The third-order valence-corrected chi connectivity index (χ3v) is 1.81. The summed E-state index contributed by atoms with van der Waals surface area (Å²) in [5, 5.41) is 8.36. The fraction of sp³-hybridized carbons (Fsp3) is 0.333. The van der Waals surface area contributed by atoms with E-state index < -0.39 is 9.71 Å². The van der Waals surface area contributed by atoms with Crippen LogP contribution < -0.4 is 0 Å². The minimum Gasteiger partial charge on any atom is -0.478 e. The largest absolute Gasteiger partial charge is 0.478 e. The number of carboxylic acid groups (broad SMARTS) is 1. The molecule has 5 heteroatoms. The van der Waals surface area contributed by atoms with Crippen molar-refractivity contribution in [3.05, 3.63) is 11.6 Å². The lowest BCUT2D eigenvalue weighted by Crippen LogP contribution is -2.06. The zero-order valence-electron chi connectivity index (χ0n) is 5.67. The van der Waals surface area contributed by atoms with Gasteiger partial charge < -0.3 is 5.11 Å². The lowest BCUT2D eigenvalue weighted by molar-refractivity contribution is -0.132. The SMILES string of the molecule is C/C(=C/C(=O)C(Br)Br)C(=O)O. The minimum atomic E-state index is -1.08. The van der Waals surface area contributed by atoms with Gasteiger partial charge in [-0.25, -0.2) is 4.79 Å². The van der Waals surface area contributed by atoms with Crippen LogP contribution in [-0.4, -0.2) is 20.6 Å². The predicted molar refractivity (Wildman–Crippen MR) is 48.0 cm³/mol. The Morgan fingerprint density at radius 1 is 1.45 bits per heavy atom. The molecule has 0 aromatic carbocycles. The maximum atomic E-state index is 10.8. The van der Waals surface area contributed by atoms with E-state index in [2.05, 4.69) is 31.9 Å². The third-order valence-electron chi connectivity index (χ3n) is 0.911. The van der Waals surface area contributed by atoms with Crippen molar-refractivity contribution in [1.82, 2.24) is 0 Å². The maximum absolute atomic E-state index is 10.8. The molecule has 62 valence electrons. The van der Waals surface area contributed by atoms with Gasteiger partial charge in [0, 0.05) is 5.57 Å². The molecule has 0 saturated heterocycles. The first-order valence-electron chi connectivity index (χ1n) is 2.68. The van der Waals surface area contributed by atoms with Crippen molar-refractivity contribution < 1.29 is 14.7 Å². The number of carboxylic acids is 1.